The first-order valence-corrected chi connectivity index (χ1v) is 7.55. The van der Waals surface area contributed by atoms with Crippen LogP contribution in [-0.4, -0.2) is 26.0 Å². The van der Waals surface area contributed by atoms with Crippen molar-refractivity contribution in [2.24, 2.45) is 0 Å². The molecule has 2 bridgehead atoms. The minimum atomic E-state index is 0.0270. The molecule has 0 aliphatic carbocycles. The van der Waals surface area contributed by atoms with Crippen molar-refractivity contribution in [2.75, 3.05) is 0 Å². The molecule has 5 heteroatoms. The lowest BCUT2D eigenvalue weighted by molar-refractivity contribution is 0.0692. The van der Waals surface area contributed by atoms with Crippen LogP contribution in [0.5, 0.6) is 0 Å². The van der Waals surface area contributed by atoms with Crippen molar-refractivity contribution in [3.63, 3.8) is 0 Å². The smallest absolute Gasteiger partial charge is 0.273 e. The molecular formula is C17H14N4O. The molecule has 4 heterocycles. The number of fused-ring (bicyclic) bond motifs is 6. The van der Waals surface area contributed by atoms with Gasteiger partial charge in [-0.3, -0.25) is 9.89 Å². The van der Waals surface area contributed by atoms with Gasteiger partial charge in [0.2, 0.25) is 0 Å². The number of aromatic amines is 1. The third-order valence-corrected chi connectivity index (χ3v) is 4.88. The van der Waals surface area contributed by atoms with Gasteiger partial charge in [0, 0.05) is 6.20 Å². The second-order valence-corrected chi connectivity index (χ2v) is 5.92. The molecule has 5 nitrogen and oxygen atoms in total. The van der Waals surface area contributed by atoms with Gasteiger partial charge in [0.15, 0.2) is 5.65 Å². The molecule has 108 valence electrons. The Labute approximate surface area is 127 Å². The number of rotatable bonds is 1. The summed E-state index contributed by atoms with van der Waals surface area (Å²) in [5.74, 6) is 0.0270. The predicted molar refractivity (Wildman–Crippen MR) is 81.2 cm³/mol. The zero-order valence-electron chi connectivity index (χ0n) is 11.9. The number of nitrogens with one attached hydrogen (secondary N) is 1. The van der Waals surface area contributed by atoms with E-state index in [1.54, 1.807) is 6.20 Å². The quantitative estimate of drug-likeness (QED) is 0.749. The summed E-state index contributed by atoms with van der Waals surface area (Å²) in [6, 6.07) is 12.5. The molecule has 1 fully saturated rings. The molecule has 5 rings (SSSR count). The van der Waals surface area contributed by atoms with Gasteiger partial charge < -0.3 is 4.90 Å². The monoisotopic (exact) mass is 290 g/mol. The highest BCUT2D eigenvalue weighted by atomic mass is 16.2. The zero-order valence-corrected chi connectivity index (χ0v) is 11.9. The number of amides is 1. The van der Waals surface area contributed by atoms with E-state index in [4.69, 9.17) is 0 Å². The van der Waals surface area contributed by atoms with Crippen molar-refractivity contribution in [2.45, 2.75) is 24.9 Å². The van der Waals surface area contributed by atoms with Gasteiger partial charge in [-0.05, 0) is 36.1 Å². The van der Waals surface area contributed by atoms with E-state index < -0.39 is 0 Å². The van der Waals surface area contributed by atoms with Crippen LogP contribution >= 0.6 is 0 Å². The summed E-state index contributed by atoms with van der Waals surface area (Å²) in [5.41, 5.74) is 3.74. The third-order valence-electron chi connectivity index (χ3n) is 4.88. The Kier molecular flexibility index (Phi) is 2.25. The van der Waals surface area contributed by atoms with E-state index in [1.165, 1.54) is 11.1 Å². The topological polar surface area (TPSA) is 61.9 Å². The van der Waals surface area contributed by atoms with Gasteiger partial charge in [-0.2, -0.15) is 5.10 Å². The van der Waals surface area contributed by atoms with Gasteiger partial charge in [0.25, 0.3) is 5.91 Å². The van der Waals surface area contributed by atoms with E-state index in [-0.39, 0.29) is 18.0 Å². The minimum Gasteiger partial charge on any atom is -0.323 e. The molecule has 2 unspecified atom stereocenters. The molecule has 1 amide bonds. The van der Waals surface area contributed by atoms with E-state index in [2.05, 4.69) is 39.4 Å². The Morgan fingerprint density at radius 3 is 2.55 bits per heavy atom. The Bertz CT molecular complexity index is 869. The first-order chi connectivity index (χ1) is 10.8. The van der Waals surface area contributed by atoms with Crippen LogP contribution in [0.2, 0.25) is 0 Å². The molecule has 2 aliphatic heterocycles. The Morgan fingerprint density at radius 2 is 1.82 bits per heavy atom. The van der Waals surface area contributed by atoms with Crippen molar-refractivity contribution in [3.8, 4) is 0 Å². The molecule has 0 spiro atoms. The number of nitrogens with zero attached hydrogens (tertiary/aromatic N) is 3. The number of carbonyl (C=O) groups excluding carboxylic acids is 1. The highest BCUT2D eigenvalue weighted by molar-refractivity contribution is 6.04. The van der Waals surface area contributed by atoms with Crippen LogP contribution in [0.25, 0.3) is 11.0 Å². The molecule has 1 aromatic carbocycles. The molecule has 22 heavy (non-hydrogen) atoms. The van der Waals surface area contributed by atoms with Crippen LogP contribution in [-0.2, 0) is 0 Å². The number of hydrogen-bond acceptors (Lipinski definition) is 3. The van der Waals surface area contributed by atoms with Crippen molar-refractivity contribution in [3.05, 3.63) is 59.4 Å². The lowest BCUT2D eigenvalue weighted by atomic mass is 9.92. The lowest BCUT2D eigenvalue weighted by Crippen LogP contribution is -2.28. The van der Waals surface area contributed by atoms with Gasteiger partial charge in [-0.1, -0.05) is 24.3 Å². The van der Waals surface area contributed by atoms with Gasteiger partial charge in [0.1, 0.15) is 5.69 Å². The number of aromatic nitrogens is 3. The van der Waals surface area contributed by atoms with E-state index in [0.29, 0.717) is 11.3 Å². The Morgan fingerprint density at radius 1 is 1.09 bits per heavy atom. The zero-order chi connectivity index (χ0) is 14.7. The molecule has 1 saturated heterocycles. The van der Waals surface area contributed by atoms with E-state index >= 15 is 0 Å². The predicted octanol–water partition coefficient (Wildman–Crippen LogP) is 2.99. The molecule has 2 aliphatic rings. The highest BCUT2D eigenvalue weighted by Gasteiger charge is 2.46. The summed E-state index contributed by atoms with van der Waals surface area (Å²) in [6.45, 7) is 0. The summed E-state index contributed by atoms with van der Waals surface area (Å²) in [7, 11) is 0. The van der Waals surface area contributed by atoms with Crippen molar-refractivity contribution < 1.29 is 4.79 Å². The van der Waals surface area contributed by atoms with Crippen molar-refractivity contribution >= 4 is 16.9 Å². The first kappa shape index (κ1) is 11.9. The molecule has 1 N–H and O–H groups in total. The maximum absolute atomic E-state index is 13.1. The normalized spacial score (nSPS) is 22.3. The average Bonchev–Trinajstić information content (AvgIpc) is 3.26. The summed E-state index contributed by atoms with van der Waals surface area (Å²) in [4.78, 5) is 19.3. The largest absolute Gasteiger partial charge is 0.323 e. The summed E-state index contributed by atoms with van der Waals surface area (Å²) >= 11 is 0. The molecule has 2 atom stereocenters. The van der Waals surface area contributed by atoms with Crippen LogP contribution in [0.15, 0.2) is 42.6 Å². The lowest BCUT2D eigenvalue weighted by Gasteiger charge is -2.21. The Hall–Kier alpha value is -2.69. The molecule has 0 radical (unpaired) electrons. The third kappa shape index (κ3) is 1.40. The minimum absolute atomic E-state index is 0.0270. The van der Waals surface area contributed by atoms with Crippen LogP contribution in [0.4, 0.5) is 0 Å². The molecular weight excluding hydrogens is 276 g/mol. The second-order valence-electron chi connectivity index (χ2n) is 5.92. The fraction of sp³-hybridized carbons (Fsp3) is 0.235. The Balaban J connectivity index is 1.61. The maximum atomic E-state index is 13.1. The number of carbonyl (C=O) groups is 1. The number of pyridine rings is 1. The van der Waals surface area contributed by atoms with E-state index in [9.17, 15) is 4.79 Å². The van der Waals surface area contributed by atoms with Crippen LogP contribution in [0.1, 0.15) is 46.5 Å². The number of benzene rings is 1. The fourth-order valence-corrected chi connectivity index (χ4v) is 3.97. The second kappa shape index (κ2) is 4.16. The average molecular weight is 290 g/mol. The maximum Gasteiger partial charge on any atom is 0.273 e. The van der Waals surface area contributed by atoms with Crippen LogP contribution in [0, 0.1) is 0 Å². The molecule has 2 aromatic heterocycles. The first-order valence-electron chi connectivity index (χ1n) is 7.55. The van der Waals surface area contributed by atoms with Gasteiger partial charge >= 0.3 is 0 Å². The highest BCUT2D eigenvalue weighted by Crippen LogP contribution is 2.53. The summed E-state index contributed by atoms with van der Waals surface area (Å²) in [6.07, 6.45) is 3.77. The molecule has 0 saturated carbocycles. The van der Waals surface area contributed by atoms with Crippen molar-refractivity contribution in [1.82, 2.24) is 20.1 Å². The summed E-state index contributed by atoms with van der Waals surface area (Å²) in [5, 5.41) is 7.82. The van der Waals surface area contributed by atoms with Crippen LogP contribution in [0.3, 0.4) is 0 Å². The van der Waals surface area contributed by atoms with Crippen molar-refractivity contribution in [1.29, 1.82) is 0 Å². The van der Waals surface area contributed by atoms with Crippen LogP contribution < -0.4 is 0 Å². The molecule has 3 aromatic rings. The summed E-state index contributed by atoms with van der Waals surface area (Å²) < 4.78 is 0. The van der Waals surface area contributed by atoms with Gasteiger partial charge in [0.05, 0.1) is 17.5 Å². The SMILES string of the molecule is O=C(c1[nH]nc2ncccc12)N1C2CCC1c1ccccc12. The van der Waals surface area contributed by atoms with E-state index in [1.807, 2.05) is 17.0 Å². The fourth-order valence-electron chi connectivity index (χ4n) is 3.97. The standard InChI is InChI=1S/C17H14N4O/c22-17(15-12-6-3-9-18-16(12)20-19-15)21-13-7-8-14(21)11-5-2-1-4-10(11)13/h1-6,9,13-14H,7-8H2,(H,18,19,20). The van der Waals surface area contributed by atoms with Gasteiger partial charge in [-0.25, -0.2) is 4.98 Å². The van der Waals surface area contributed by atoms with Gasteiger partial charge in [-0.15, -0.1) is 0 Å². The number of H-pyrrole nitrogens is 1. The number of hydrogen-bond donors (Lipinski definition) is 1. The van der Waals surface area contributed by atoms with E-state index in [0.717, 1.165) is 18.2 Å².